The van der Waals surface area contributed by atoms with Gasteiger partial charge in [-0.2, -0.15) is 5.10 Å². The van der Waals surface area contributed by atoms with Gasteiger partial charge in [0.25, 0.3) is 0 Å². The number of nitrogens with zero attached hydrogens (tertiary/aromatic N) is 5. The number of aryl methyl sites for hydroxylation is 2. The number of benzene rings is 1. The second kappa shape index (κ2) is 8.48. The van der Waals surface area contributed by atoms with Crippen LogP contribution in [0.25, 0.3) is 22.2 Å². The third-order valence-corrected chi connectivity index (χ3v) is 7.60. The second-order valence-corrected chi connectivity index (χ2v) is 10.3. The molecule has 0 bridgehead atoms. The number of urea groups is 1. The molecular weight excluding hydrogens is 446 g/mol. The predicted molar refractivity (Wildman–Crippen MR) is 134 cm³/mol. The summed E-state index contributed by atoms with van der Waals surface area (Å²) in [4.78, 5) is 26.4. The normalized spacial score (nSPS) is 18.8. The fourth-order valence-electron chi connectivity index (χ4n) is 5.15. The summed E-state index contributed by atoms with van der Waals surface area (Å²) in [5.41, 5.74) is 6.93. The van der Waals surface area contributed by atoms with E-state index >= 15 is 0 Å². The molecule has 2 aliphatic rings. The maximum Gasteiger partial charge on any atom is 0.322 e. The minimum Gasteiger partial charge on any atom is -0.316 e. The molecule has 174 valence electrons. The van der Waals surface area contributed by atoms with Crippen molar-refractivity contribution in [2.45, 2.75) is 45.8 Å². The van der Waals surface area contributed by atoms with Gasteiger partial charge in [0.05, 0.1) is 16.2 Å². The van der Waals surface area contributed by atoms with E-state index in [-0.39, 0.29) is 12.1 Å². The van der Waals surface area contributed by atoms with Gasteiger partial charge in [-0.1, -0.05) is 0 Å². The fourth-order valence-corrected chi connectivity index (χ4v) is 5.75. The molecule has 4 aromatic rings. The van der Waals surface area contributed by atoms with Gasteiger partial charge in [-0.15, -0.1) is 11.3 Å². The Morgan fingerprint density at radius 1 is 1.24 bits per heavy atom. The summed E-state index contributed by atoms with van der Waals surface area (Å²) in [6, 6.07) is 8.36. The predicted octanol–water partition coefficient (Wildman–Crippen LogP) is 4.71. The van der Waals surface area contributed by atoms with Gasteiger partial charge >= 0.3 is 6.03 Å². The highest BCUT2D eigenvalue weighted by Crippen LogP contribution is 2.34. The molecule has 34 heavy (non-hydrogen) atoms. The number of amides is 2. The molecular formula is C25H27N7OS. The molecule has 5 heterocycles. The van der Waals surface area contributed by atoms with Gasteiger partial charge in [0.1, 0.15) is 5.69 Å². The Morgan fingerprint density at radius 2 is 2.15 bits per heavy atom. The van der Waals surface area contributed by atoms with Crippen LogP contribution in [0.4, 0.5) is 10.5 Å². The number of aromatic nitrogens is 4. The molecule has 0 spiro atoms. The summed E-state index contributed by atoms with van der Waals surface area (Å²) in [7, 11) is 0. The Bertz CT molecular complexity index is 1380. The van der Waals surface area contributed by atoms with Crippen molar-refractivity contribution in [2.75, 3.05) is 18.4 Å². The molecule has 1 saturated heterocycles. The molecule has 1 aromatic carbocycles. The largest absolute Gasteiger partial charge is 0.322 e. The molecule has 6 rings (SSSR count). The summed E-state index contributed by atoms with van der Waals surface area (Å²) in [5, 5.41) is 15.1. The molecule has 1 fully saturated rings. The summed E-state index contributed by atoms with van der Waals surface area (Å²) in [6.45, 7) is 7.39. The highest BCUT2D eigenvalue weighted by molar-refractivity contribution is 7.09. The molecule has 0 radical (unpaired) electrons. The smallest absolute Gasteiger partial charge is 0.316 e. The number of carbonyl (C=O) groups is 1. The molecule has 0 saturated carbocycles. The van der Waals surface area contributed by atoms with Crippen molar-refractivity contribution in [3.05, 3.63) is 57.8 Å². The number of hydrogen-bond donors (Lipinski definition) is 2. The van der Waals surface area contributed by atoms with E-state index in [1.54, 1.807) is 11.3 Å². The summed E-state index contributed by atoms with van der Waals surface area (Å²) >= 11 is 1.69. The first-order valence-electron chi connectivity index (χ1n) is 11.7. The number of pyridine rings is 1. The van der Waals surface area contributed by atoms with E-state index in [2.05, 4.69) is 41.8 Å². The van der Waals surface area contributed by atoms with E-state index in [1.807, 2.05) is 43.1 Å². The lowest BCUT2D eigenvalue weighted by molar-refractivity contribution is 0.107. The number of fused-ring (bicyclic) bond motifs is 2. The number of aromatic amines is 1. The van der Waals surface area contributed by atoms with Crippen molar-refractivity contribution in [1.82, 2.24) is 30.0 Å². The van der Waals surface area contributed by atoms with Crippen molar-refractivity contribution in [3.8, 4) is 11.3 Å². The second-order valence-electron chi connectivity index (χ2n) is 9.26. The van der Waals surface area contributed by atoms with Crippen LogP contribution in [0.5, 0.6) is 0 Å². The van der Waals surface area contributed by atoms with Gasteiger partial charge in [0, 0.05) is 59.6 Å². The van der Waals surface area contributed by atoms with Crippen LogP contribution in [0, 0.1) is 13.8 Å². The zero-order valence-electron chi connectivity index (χ0n) is 19.3. The van der Waals surface area contributed by atoms with Crippen molar-refractivity contribution >= 4 is 34.0 Å². The van der Waals surface area contributed by atoms with E-state index in [9.17, 15) is 4.79 Å². The van der Waals surface area contributed by atoms with Gasteiger partial charge in [-0.25, -0.2) is 9.78 Å². The van der Waals surface area contributed by atoms with E-state index in [4.69, 9.17) is 0 Å². The standard InChI is InChI=1S/C25H27N7OS/c1-15-8-17(5-6-26-15)24-21-9-18-11-32(25(33)28-22(18)10-23(21)29-30-24)20-4-3-7-31(13-20)12-19-14-34-16(2)27-19/h5-6,8-10,14,20H,3-4,7,11-13H2,1-2H3,(H,28,33)(H,29,30)/t20-/m1/s1. The molecule has 1 atom stereocenters. The van der Waals surface area contributed by atoms with Gasteiger partial charge < -0.3 is 10.2 Å². The van der Waals surface area contributed by atoms with E-state index < -0.39 is 0 Å². The van der Waals surface area contributed by atoms with Gasteiger partial charge in [-0.3, -0.25) is 15.0 Å². The number of rotatable bonds is 4. The number of hydrogen-bond acceptors (Lipinski definition) is 6. The van der Waals surface area contributed by atoms with Crippen LogP contribution in [-0.4, -0.2) is 55.1 Å². The SMILES string of the molecule is Cc1cc(-c2n[nH]c3cc4c(cc23)CN([C@@H]2CCCN(Cc3csc(C)n3)C2)C(=O)N4)ccn1. The Hall–Kier alpha value is -3.30. The third-order valence-electron chi connectivity index (χ3n) is 6.77. The molecule has 0 unspecified atom stereocenters. The van der Waals surface area contributed by atoms with Crippen molar-refractivity contribution in [3.63, 3.8) is 0 Å². The first-order valence-corrected chi connectivity index (χ1v) is 12.6. The van der Waals surface area contributed by atoms with E-state index in [0.29, 0.717) is 6.54 Å². The van der Waals surface area contributed by atoms with Crippen LogP contribution in [0.1, 0.15) is 34.8 Å². The maximum absolute atomic E-state index is 13.1. The van der Waals surface area contributed by atoms with E-state index in [1.165, 1.54) is 0 Å². The number of piperidine rings is 1. The van der Waals surface area contributed by atoms with Crippen LogP contribution in [0.2, 0.25) is 0 Å². The molecule has 2 amide bonds. The fraction of sp³-hybridized carbons (Fsp3) is 0.360. The van der Waals surface area contributed by atoms with E-state index in [0.717, 1.165) is 82.3 Å². The first-order chi connectivity index (χ1) is 16.5. The number of H-pyrrole nitrogens is 1. The highest BCUT2D eigenvalue weighted by Gasteiger charge is 2.32. The Morgan fingerprint density at radius 3 is 2.97 bits per heavy atom. The lowest BCUT2D eigenvalue weighted by atomic mass is 9.99. The summed E-state index contributed by atoms with van der Waals surface area (Å²) in [6.07, 6.45) is 3.91. The lowest BCUT2D eigenvalue weighted by Gasteiger charge is -2.41. The Labute approximate surface area is 202 Å². The lowest BCUT2D eigenvalue weighted by Crippen LogP contribution is -2.52. The summed E-state index contributed by atoms with van der Waals surface area (Å²) in [5.74, 6) is 0. The van der Waals surface area contributed by atoms with Crippen LogP contribution < -0.4 is 5.32 Å². The monoisotopic (exact) mass is 473 g/mol. The Kier molecular flexibility index (Phi) is 5.30. The number of likely N-dealkylation sites (tertiary alicyclic amines) is 1. The van der Waals surface area contributed by atoms with Crippen LogP contribution >= 0.6 is 11.3 Å². The topological polar surface area (TPSA) is 90.0 Å². The number of anilines is 1. The van der Waals surface area contributed by atoms with Gasteiger partial charge in [0.2, 0.25) is 0 Å². The minimum atomic E-state index is -0.0206. The van der Waals surface area contributed by atoms with Crippen LogP contribution in [0.15, 0.2) is 35.8 Å². The average Bonchev–Trinajstić information content (AvgIpc) is 3.42. The van der Waals surface area contributed by atoms with Gasteiger partial charge in [0.15, 0.2) is 0 Å². The van der Waals surface area contributed by atoms with Crippen LogP contribution in [0.3, 0.4) is 0 Å². The summed E-state index contributed by atoms with van der Waals surface area (Å²) < 4.78 is 0. The molecule has 2 N–H and O–H groups in total. The average molecular weight is 474 g/mol. The first kappa shape index (κ1) is 21.2. The molecule has 0 aliphatic carbocycles. The molecule has 9 heteroatoms. The molecule has 8 nitrogen and oxygen atoms in total. The molecule has 2 aliphatic heterocycles. The van der Waals surface area contributed by atoms with Crippen LogP contribution in [-0.2, 0) is 13.1 Å². The minimum absolute atomic E-state index is 0.0206. The Balaban J connectivity index is 1.26. The number of nitrogens with one attached hydrogen (secondary N) is 2. The molecule has 3 aromatic heterocycles. The zero-order chi connectivity index (χ0) is 23.2. The number of thiazole rings is 1. The van der Waals surface area contributed by atoms with Crippen molar-refractivity contribution in [1.29, 1.82) is 0 Å². The quantitative estimate of drug-likeness (QED) is 0.448. The van der Waals surface area contributed by atoms with Gasteiger partial charge in [-0.05, 0) is 63.1 Å². The highest BCUT2D eigenvalue weighted by atomic mass is 32.1. The number of carbonyl (C=O) groups excluding carboxylic acids is 1. The zero-order valence-corrected chi connectivity index (χ0v) is 20.2. The van der Waals surface area contributed by atoms with Crippen molar-refractivity contribution in [2.24, 2.45) is 0 Å². The van der Waals surface area contributed by atoms with Crippen molar-refractivity contribution < 1.29 is 4.79 Å². The maximum atomic E-state index is 13.1. The third kappa shape index (κ3) is 3.95.